The lowest BCUT2D eigenvalue weighted by Gasteiger charge is -1.98. The molecule has 0 aliphatic heterocycles. The zero-order chi connectivity index (χ0) is 18.4. The Morgan fingerprint density at radius 2 is 2.12 bits per heavy atom. The molecule has 1 aromatic carbocycles. The van der Waals surface area contributed by atoms with Crippen molar-refractivity contribution < 1.29 is 9.21 Å². The predicted molar refractivity (Wildman–Crippen MR) is 98.7 cm³/mol. The number of aryl methyl sites for hydroxylation is 2. The average molecular weight is 349 g/mol. The number of furan rings is 1. The quantitative estimate of drug-likeness (QED) is 0.548. The summed E-state index contributed by atoms with van der Waals surface area (Å²) in [6, 6.07) is 11.7. The topological polar surface area (TPSA) is 85.3 Å². The van der Waals surface area contributed by atoms with Gasteiger partial charge in [-0.2, -0.15) is 5.10 Å². The summed E-state index contributed by atoms with van der Waals surface area (Å²) < 4.78 is 7.08. The minimum atomic E-state index is -0.308. The summed E-state index contributed by atoms with van der Waals surface area (Å²) in [7, 11) is 0. The molecule has 1 N–H and O–H groups in total. The molecule has 0 aliphatic carbocycles. The molecule has 0 aliphatic rings. The number of nitrogens with zero attached hydrogens (tertiary/aromatic N) is 4. The number of aromatic nitrogens is 3. The molecule has 0 bridgehead atoms. The first-order valence-corrected chi connectivity index (χ1v) is 8.13. The predicted octanol–water partition coefficient (Wildman–Crippen LogP) is 2.97. The van der Waals surface area contributed by atoms with Crippen LogP contribution >= 0.6 is 0 Å². The Morgan fingerprint density at radius 3 is 2.85 bits per heavy atom. The van der Waals surface area contributed by atoms with Crippen LogP contribution in [0.4, 0.5) is 0 Å². The van der Waals surface area contributed by atoms with Gasteiger partial charge >= 0.3 is 0 Å². The lowest BCUT2D eigenvalue weighted by atomic mass is 10.2. The van der Waals surface area contributed by atoms with E-state index in [-0.39, 0.29) is 5.91 Å². The first-order chi connectivity index (χ1) is 12.6. The number of allylic oxidation sites excluding steroid dienone is 1. The molecule has 0 unspecified atom stereocenters. The van der Waals surface area contributed by atoms with Gasteiger partial charge in [-0.3, -0.25) is 4.79 Å². The highest BCUT2D eigenvalue weighted by molar-refractivity contribution is 5.95. The Kier molecular flexibility index (Phi) is 5.38. The van der Waals surface area contributed by atoms with Crippen LogP contribution < -0.4 is 5.43 Å². The molecule has 0 spiro atoms. The number of rotatable bonds is 6. The molecule has 2 heterocycles. The summed E-state index contributed by atoms with van der Waals surface area (Å²) in [5, 5.41) is 12.0. The van der Waals surface area contributed by atoms with Gasteiger partial charge in [0.1, 0.15) is 17.2 Å². The minimum absolute atomic E-state index is 0.308. The number of nitrogens with one attached hydrogen (secondary N) is 1. The van der Waals surface area contributed by atoms with Gasteiger partial charge < -0.3 is 4.42 Å². The summed E-state index contributed by atoms with van der Waals surface area (Å²) in [5.74, 6) is 0.952. The van der Waals surface area contributed by atoms with E-state index in [9.17, 15) is 4.79 Å². The SMILES string of the molecule is Cc1cc(C(=O)N/N=C\C=C\c2cn(Cc3ccccc3)nn2)c(C)o1. The maximum absolute atomic E-state index is 12.0. The Balaban J connectivity index is 1.51. The van der Waals surface area contributed by atoms with Crippen molar-refractivity contribution in [3.63, 3.8) is 0 Å². The smallest absolute Gasteiger partial charge is 0.274 e. The number of carbonyl (C=O) groups excluding carboxylic acids is 1. The lowest BCUT2D eigenvalue weighted by Crippen LogP contribution is -2.17. The maximum Gasteiger partial charge on any atom is 0.274 e. The molecule has 0 saturated heterocycles. The average Bonchev–Trinajstić information content (AvgIpc) is 3.21. The van der Waals surface area contributed by atoms with Crippen LogP contribution in [0, 0.1) is 13.8 Å². The molecule has 3 rings (SSSR count). The monoisotopic (exact) mass is 349 g/mol. The Bertz CT molecular complexity index is 938. The van der Waals surface area contributed by atoms with Crippen molar-refractivity contribution in [1.29, 1.82) is 0 Å². The van der Waals surface area contributed by atoms with Crippen molar-refractivity contribution in [1.82, 2.24) is 20.4 Å². The van der Waals surface area contributed by atoms with Crippen molar-refractivity contribution in [3.05, 3.63) is 77.0 Å². The normalized spacial score (nSPS) is 11.5. The van der Waals surface area contributed by atoms with Crippen molar-refractivity contribution in [2.75, 3.05) is 0 Å². The van der Waals surface area contributed by atoms with E-state index in [1.165, 1.54) is 6.21 Å². The minimum Gasteiger partial charge on any atom is -0.466 e. The Morgan fingerprint density at radius 1 is 1.31 bits per heavy atom. The molecule has 3 aromatic rings. The van der Waals surface area contributed by atoms with Gasteiger partial charge in [0.05, 0.1) is 18.3 Å². The van der Waals surface area contributed by atoms with Gasteiger partial charge in [-0.15, -0.1) is 5.10 Å². The van der Waals surface area contributed by atoms with Crippen LogP contribution in [0.2, 0.25) is 0 Å². The molecule has 26 heavy (non-hydrogen) atoms. The molecule has 0 saturated carbocycles. The number of benzene rings is 1. The van der Waals surface area contributed by atoms with Crippen LogP contribution in [-0.4, -0.2) is 27.1 Å². The molecule has 0 atom stereocenters. The third-order valence-corrected chi connectivity index (χ3v) is 3.62. The van der Waals surface area contributed by atoms with E-state index in [1.54, 1.807) is 36.7 Å². The largest absolute Gasteiger partial charge is 0.466 e. The van der Waals surface area contributed by atoms with Gasteiger partial charge in [0.25, 0.3) is 5.91 Å². The number of hydrogen-bond acceptors (Lipinski definition) is 5. The molecule has 132 valence electrons. The van der Waals surface area contributed by atoms with Crippen LogP contribution in [0.15, 0.2) is 58.2 Å². The van der Waals surface area contributed by atoms with E-state index in [0.29, 0.717) is 29.3 Å². The van der Waals surface area contributed by atoms with Gasteiger partial charge in [-0.1, -0.05) is 35.5 Å². The van der Waals surface area contributed by atoms with Gasteiger partial charge in [-0.25, -0.2) is 10.1 Å². The summed E-state index contributed by atoms with van der Waals surface area (Å²) >= 11 is 0. The van der Waals surface area contributed by atoms with E-state index in [1.807, 2.05) is 36.5 Å². The van der Waals surface area contributed by atoms with Crippen molar-refractivity contribution in [2.45, 2.75) is 20.4 Å². The molecule has 0 radical (unpaired) electrons. The van der Waals surface area contributed by atoms with Crippen molar-refractivity contribution >= 4 is 18.2 Å². The number of hydrazone groups is 1. The second kappa shape index (κ2) is 8.06. The number of carbonyl (C=O) groups is 1. The Labute approximate surface area is 151 Å². The zero-order valence-electron chi connectivity index (χ0n) is 14.6. The van der Waals surface area contributed by atoms with E-state index in [2.05, 4.69) is 20.8 Å². The van der Waals surface area contributed by atoms with E-state index < -0.39 is 0 Å². The molecule has 7 nitrogen and oxygen atoms in total. The lowest BCUT2D eigenvalue weighted by molar-refractivity contribution is 0.0953. The van der Waals surface area contributed by atoms with Crippen LogP contribution in [-0.2, 0) is 6.54 Å². The van der Waals surface area contributed by atoms with E-state index in [4.69, 9.17) is 4.42 Å². The van der Waals surface area contributed by atoms with Gasteiger partial charge in [0, 0.05) is 6.21 Å². The van der Waals surface area contributed by atoms with Crippen LogP contribution in [0.3, 0.4) is 0 Å². The Hall–Kier alpha value is -3.48. The van der Waals surface area contributed by atoms with Crippen LogP contribution in [0.25, 0.3) is 6.08 Å². The van der Waals surface area contributed by atoms with E-state index in [0.717, 1.165) is 5.56 Å². The number of amides is 1. The number of hydrogen-bond donors (Lipinski definition) is 1. The molecule has 2 aromatic heterocycles. The van der Waals surface area contributed by atoms with Crippen molar-refractivity contribution in [2.24, 2.45) is 5.10 Å². The van der Waals surface area contributed by atoms with Gasteiger partial charge in [-0.05, 0) is 37.6 Å². The summed E-state index contributed by atoms with van der Waals surface area (Å²) in [6.45, 7) is 4.19. The first-order valence-electron chi connectivity index (χ1n) is 8.13. The molecular formula is C19H19N5O2. The first kappa shape index (κ1) is 17.3. The summed E-state index contributed by atoms with van der Waals surface area (Å²) in [4.78, 5) is 12.0. The third kappa shape index (κ3) is 4.54. The zero-order valence-corrected chi connectivity index (χ0v) is 14.6. The van der Waals surface area contributed by atoms with Crippen LogP contribution in [0.5, 0.6) is 0 Å². The van der Waals surface area contributed by atoms with Gasteiger partial charge in [0.15, 0.2) is 0 Å². The fourth-order valence-electron chi connectivity index (χ4n) is 2.43. The van der Waals surface area contributed by atoms with Crippen LogP contribution in [0.1, 0.15) is 33.1 Å². The fraction of sp³-hybridized carbons (Fsp3) is 0.158. The molecule has 7 heteroatoms. The second-order valence-corrected chi connectivity index (χ2v) is 5.73. The second-order valence-electron chi connectivity index (χ2n) is 5.73. The maximum atomic E-state index is 12.0. The fourth-order valence-corrected chi connectivity index (χ4v) is 2.43. The van der Waals surface area contributed by atoms with E-state index >= 15 is 0 Å². The third-order valence-electron chi connectivity index (χ3n) is 3.62. The summed E-state index contributed by atoms with van der Waals surface area (Å²) in [6.07, 6.45) is 6.77. The van der Waals surface area contributed by atoms with Crippen molar-refractivity contribution in [3.8, 4) is 0 Å². The van der Waals surface area contributed by atoms with Gasteiger partial charge in [0.2, 0.25) is 0 Å². The highest BCUT2D eigenvalue weighted by Crippen LogP contribution is 2.13. The highest BCUT2D eigenvalue weighted by atomic mass is 16.3. The standard InChI is InChI=1S/C19H19N5O2/c1-14-11-18(15(2)26-14)19(25)22-20-10-6-9-17-13-24(23-21-17)12-16-7-4-3-5-8-16/h3-11,13H,12H2,1-2H3,(H,22,25)/b9-6+,20-10-. The highest BCUT2D eigenvalue weighted by Gasteiger charge is 2.12. The molecule has 0 fully saturated rings. The molecular weight excluding hydrogens is 330 g/mol. The molecule has 1 amide bonds. The summed E-state index contributed by atoms with van der Waals surface area (Å²) in [5.41, 5.74) is 4.80.